The van der Waals surface area contributed by atoms with Crippen LogP contribution in [-0.2, 0) is 4.74 Å². The lowest BCUT2D eigenvalue weighted by molar-refractivity contribution is 0.111. The van der Waals surface area contributed by atoms with Crippen LogP contribution in [0.5, 0.6) is 0 Å². The van der Waals surface area contributed by atoms with Gasteiger partial charge in [-0.3, -0.25) is 0 Å². The second-order valence-corrected chi connectivity index (χ2v) is 4.55. The van der Waals surface area contributed by atoms with E-state index in [1.165, 1.54) is 0 Å². The lowest BCUT2D eigenvalue weighted by atomic mass is 10.1. The van der Waals surface area contributed by atoms with Gasteiger partial charge in [0.15, 0.2) is 0 Å². The van der Waals surface area contributed by atoms with Gasteiger partial charge in [0.1, 0.15) is 6.10 Å². The molecule has 0 aliphatic rings. The van der Waals surface area contributed by atoms with Crippen molar-refractivity contribution in [2.75, 3.05) is 6.61 Å². The third kappa shape index (κ3) is 4.45. The van der Waals surface area contributed by atoms with Crippen molar-refractivity contribution in [3.8, 4) is 6.07 Å². The predicted molar refractivity (Wildman–Crippen MR) is 85.5 cm³/mol. The fourth-order valence-electron chi connectivity index (χ4n) is 1.94. The minimum atomic E-state index is -0.157. The van der Waals surface area contributed by atoms with Crippen molar-refractivity contribution < 1.29 is 4.74 Å². The van der Waals surface area contributed by atoms with Crippen LogP contribution in [-0.4, -0.2) is 6.61 Å². The molecular formula is C19H17NO. The van der Waals surface area contributed by atoms with Gasteiger partial charge in [-0.1, -0.05) is 60.7 Å². The van der Waals surface area contributed by atoms with Crippen molar-refractivity contribution in [3.05, 3.63) is 90.0 Å². The number of hydrogen-bond acceptors (Lipinski definition) is 2. The predicted octanol–water partition coefficient (Wildman–Crippen LogP) is 4.52. The molecule has 0 spiro atoms. The van der Waals surface area contributed by atoms with Crippen LogP contribution in [0.15, 0.2) is 73.3 Å². The van der Waals surface area contributed by atoms with E-state index < -0.39 is 0 Å². The Bertz CT molecular complexity index is 636. The van der Waals surface area contributed by atoms with Gasteiger partial charge in [-0.25, -0.2) is 0 Å². The van der Waals surface area contributed by atoms with E-state index in [0.29, 0.717) is 12.2 Å². The summed E-state index contributed by atoms with van der Waals surface area (Å²) in [6, 6.07) is 19.6. The third-order valence-electron chi connectivity index (χ3n) is 3.02. The minimum absolute atomic E-state index is 0.157. The summed E-state index contributed by atoms with van der Waals surface area (Å²) in [7, 11) is 0. The highest BCUT2D eigenvalue weighted by Crippen LogP contribution is 2.21. The van der Waals surface area contributed by atoms with Gasteiger partial charge in [0.05, 0.1) is 18.2 Å². The summed E-state index contributed by atoms with van der Waals surface area (Å²) in [6.07, 6.45) is 5.62. The Balaban J connectivity index is 2.19. The largest absolute Gasteiger partial charge is 0.365 e. The molecule has 0 N–H and O–H groups in total. The van der Waals surface area contributed by atoms with Gasteiger partial charge in [0, 0.05) is 0 Å². The number of nitrogens with zero attached hydrogens (tertiary/aromatic N) is 1. The second kappa shape index (κ2) is 7.84. The Morgan fingerprint density at radius 2 is 1.81 bits per heavy atom. The maximum atomic E-state index is 8.85. The summed E-state index contributed by atoms with van der Waals surface area (Å²) in [6.45, 7) is 4.16. The number of ether oxygens (including phenoxy) is 1. The Morgan fingerprint density at radius 1 is 1.10 bits per heavy atom. The molecule has 1 atom stereocenters. The average molecular weight is 275 g/mol. The second-order valence-electron chi connectivity index (χ2n) is 4.55. The number of nitriles is 1. The Morgan fingerprint density at radius 3 is 2.43 bits per heavy atom. The van der Waals surface area contributed by atoms with E-state index in [9.17, 15) is 0 Å². The molecule has 2 aromatic carbocycles. The van der Waals surface area contributed by atoms with Gasteiger partial charge < -0.3 is 4.74 Å². The number of rotatable bonds is 6. The molecule has 21 heavy (non-hydrogen) atoms. The first-order valence-electron chi connectivity index (χ1n) is 6.79. The van der Waals surface area contributed by atoms with Crippen LogP contribution in [0.1, 0.15) is 22.8 Å². The van der Waals surface area contributed by atoms with E-state index in [4.69, 9.17) is 10.00 Å². The molecule has 0 aliphatic heterocycles. The molecule has 2 rings (SSSR count). The first-order chi connectivity index (χ1) is 10.3. The molecular weight excluding hydrogens is 258 g/mol. The molecule has 0 fully saturated rings. The quantitative estimate of drug-likeness (QED) is 0.726. The van der Waals surface area contributed by atoms with E-state index >= 15 is 0 Å². The molecule has 0 aromatic heterocycles. The van der Waals surface area contributed by atoms with Gasteiger partial charge in [0.25, 0.3) is 0 Å². The zero-order valence-corrected chi connectivity index (χ0v) is 11.8. The molecule has 2 heteroatoms. The van der Waals surface area contributed by atoms with Crippen molar-refractivity contribution in [2.45, 2.75) is 6.10 Å². The minimum Gasteiger partial charge on any atom is -0.365 e. The molecule has 0 bridgehead atoms. The fraction of sp³-hybridized carbons (Fsp3) is 0.105. The van der Waals surface area contributed by atoms with E-state index in [-0.39, 0.29) is 6.10 Å². The molecule has 104 valence electrons. The molecule has 0 heterocycles. The molecule has 0 aliphatic carbocycles. The molecule has 0 saturated heterocycles. The summed E-state index contributed by atoms with van der Waals surface area (Å²) in [5.74, 6) is 0. The fourth-order valence-corrected chi connectivity index (χ4v) is 1.94. The Hall–Kier alpha value is -2.63. The summed E-state index contributed by atoms with van der Waals surface area (Å²) >= 11 is 0. The van der Waals surface area contributed by atoms with Crippen molar-refractivity contribution in [2.24, 2.45) is 0 Å². The molecule has 0 amide bonds. The van der Waals surface area contributed by atoms with E-state index in [1.54, 1.807) is 18.2 Å². The first-order valence-corrected chi connectivity index (χ1v) is 6.79. The summed E-state index contributed by atoms with van der Waals surface area (Å²) < 4.78 is 5.78. The maximum Gasteiger partial charge on any atom is 0.101 e. The summed E-state index contributed by atoms with van der Waals surface area (Å²) in [5.41, 5.74) is 2.79. The van der Waals surface area contributed by atoms with Gasteiger partial charge >= 0.3 is 0 Å². The lowest BCUT2D eigenvalue weighted by Crippen LogP contribution is -2.01. The topological polar surface area (TPSA) is 33.0 Å². The van der Waals surface area contributed by atoms with Crippen LogP contribution in [0, 0.1) is 11.3 Å². The van der Waals surface area contributed by atoms with E-state index in [1.807, 2.05) is 54.6 Å². The van der Waals surface area contributed by atoms with Crippen molar-refractivity contribution in [1.82, 2.24) is 0 Å². The highest BCUT2D eigenvalue weighted by molar-refractivity contribution is 5.50. The van der Waals surface area contributed by atoms with Crippen LogP contribution in [0.3, 0.4) is 0 Å². The van der Waals surface area contributed by atoms with Crippen LogP contribution in [0.2, 0.25) is 0 Å². The first kappa shape index (κ1) is 14.8. The van der Waals surface area contributed by atoms with Gasteiger partial charge in [0.2, 0.25) is 0 Å². The number of benzene rings is 2. The normalized spacial score (nSPS) is 12.0. The standard InChI is InChI=1S/C19H17NO/c1-2-14-21-19(13-10-16-6-4-3-5-7-16)18-11-8-17(15-20)9-12-18/h2-13,19H,1,14H2/b13-10+/t19-/m0/s1. The van der Waals surface area contributed by atoms with Gasteiger partial charge in [-0.15, -0.1) is 6.58 Å². The van der Waals surface area contributed by atoms with Gasteiger partial charge in [-0.05, 0) is 23.3 Å². The maximum absolute atomic E-state index is 8.85. The van der Waals surface area contributed by atoms with Crippen molar-refractivity contribution in [1.29, 1.82) is 5.26 Å². The molecule has 0 radical (unpaired) electrons. The molecule has 2 aromatic rings. The van der Waals surface area contributed by atoms with Crippen LogP contribution < -0.4 is 0 Å². The van der Waals surface area contributed by atoms with E-state index in [0.717, 1.165) is 11.1 Å². The van der Waals surface area contributed by atoms with Crippen molar-refractivity contribution >= 4 is 6.08 Å². The van der Waals surface area contributed by atoms with Crippen LogP contribution in [0.4, 0.5) is 0 Å². The summed E-state index contributed by atoms with van der Waals surface area (Å²) in [4.78, 5) is 0. The average Bonchev–Trinajstić information content (AvgIpc) is 2.56. The monoisotopic (exact) mass is 275 g/mol. The molecule has 2 nitrogen and oxygen atoms in total. The highest BCUT2D eigenvalue weighted by Gasteiger charge is 2.07. The molecule has 0 unspecified atom stereocenters. The SMILES string of the molecule is C=CCO[C@@H](/C=C/c1ccccc1)c1ccc(C#N)cc1. The highest BCUT2D eigenvalue weighted by atomic mass is 16.5. The zero-order valence-electron chi connectivity index (χ0n) is 11.8. The number of hydrogen-bond donors (Lipinski definition) is 0. The Kier molecular flexibility index (Phi) is 5.51. The van der Waals surface area contributed by atoms with Crippen LogP contribution in [0.25, 0.3) is 6.08 Å². The third-order valence-corrected chi connectivity index (χ3v) is 3.02. The molecule has 0 saturated carbocycles. The van der Waals surface area contributed by atoms with Crippen LogP contribution >= 0.6 is 0 Å². The smallest absolute Gasteiger partial charge is 0.101 e. The van der Waals surface area contributed by atoms with E-state index in [2.05, 4.69) is 12.6 Å². The lowest BCUT2D eigenvalue weighted by Gasteiger charge is -2.13. The zero-order chi connectivity index (χ0) is 14.9. The van der Waals surface area contributed by atoms with Gasteiger partial charge in [-0.2, -0.15) is 5.26 Å². The Labute approximate surface area is 125 Å². The summed E-state index contributed by atoms with van der Waals surface area (Å²) in [5, 5.41) is 8.85. The van der Waals surface area contributed by atoms with Crippen molar-refractivity contribution in [3.63, 3.8) is 0 Å².